The van der Waals surface area contributed by atoms with E-state index in [9.17, 15) is 4.79 Å². The van der Waals surface area contributed by atoms with E-state index in [2.05, 4.69) is 9.68 Å². The summed E-state index contributed by atoms with van der Waals surface area (Å²) in [6, 6.07) is 0. The summed E-state index contributed by atoms with van der Waals surface area (Å²) in [5, 5.41) is 3.51. The highest BCUT2D eigenvalue weighted by Crippen LogP contribution is 2.16. The van der Waals surface area contributed by atoms with Crippen LogP contribution in [0.4, 0.5) is 0 Å². The lowest BCUT2D eigenvalue weighted by Gasteiger charge is -1.96. The van der Waals surface area contributed by atoms with Crippen LogP contribution in [0.5, 0.6) is 0 Å². The van der Waals surface area contributed by atoms with Gasteiger partial charge in [-0.2, -0.15) is 0 Å². The first-order chi connectivity index (χ1) is 4.75. The SMILES string of the molecule is CC(C)c1cnoc1C=O. The Kier molecular flexibility index (Phi) is 1.85. The molecule has 0 radical (unpaired) electrons. The molecule has 0 amide bonds. The minimum absolute atomic E-state index is 0.298. The molecule has 0 aliphatic rings. The van der Waals surface area contributed by atoms with Gasteiger partial charge in [0.25, 0.3) is 0 Å². The quantitative estimate of drug-likeness (QED) is 0.584. The summed E-state index contributed by atoms with van der Waals surface area (Å²) in [5.41, 5.74) is 0.870. The fourth-order valence-electron chi connectivity index (χ4n) is 0.779. The number of carbonyl (C=O) groups excluding carboxylic acids is 1. The number of aromatic nitrogens is 1. The van der Waals surface area contributed by atoms with E-state index >= 15 is 0 Å². The Morgan fingerprint density at radius 2 is 2.40 bits per heavy atom. The molecule has 0 atom stereocenters. The van der Waals surface area contributed by atoms with Gasteiger partial charge in [-0.25, -0.2) is 0 Å². The molecule has 0 saturated heterocycles. The van der Waals surface area contributed by atoms with Crippen molar-refractivity contribution in [3.05, 3.63) is 17.5 Å². The van der Waals surface area contributed by atoms with Gasteiger partial charge in [0.05, 0.1) is 6.20 Å². The third-order valence-corrected chi connectivity index (χ3v) is 1.36. The molecule has 0 aliphatic carbocycles. The Morgan fingerprint density at radius 1 is 1.70 bits per heavy atom. The van der Waals surface area contributed by atoms with Crippen molar-refractivity contribution in [3.8, 4) is 0 Å². The lowest BCUT2D eigenvalue weighted by molar-refractivity contribution is 0.109. The van der Waals surface area contributed by atoms with Crippen molar-refractivity contribution >= 4 is 6.29 Å². The van der Waals surface area contributed by atoms with Gasteiger partial charge in [0.1, 0.15) is 0 Å². The number of carbonyl (C=O) groups is 1. The van der Waals surface area contributed by atoms with E-state index in [1.165, 1.54) is 0 Å². The van der Waals surface area contributed by atoms with Crippen LogP contribution in [-0.4, -0.2) is 11.4 Å². The third-order valence-electron chi connectivity index (χ3n) is 1.36. The van der Waals surface area contributed by atoms with Crippen LogP contribution in [0.2, 0.25) is 0 Å². The van der Waals surface area contributed by atoms with Gasteiger partial charge in [-0.1, -0.05) is 19.0 Å². The predicted octanol–water partition coefficient (Wildman–Crippen LogP) is 1.61. The average Bonchev–Trinajstić information content (AvgIpc) is 2.33. The lowest BCUT2D eigenvalue weighted by atomic mass is 10.1. The van der Waals surface area contributed by atoms with Crippen molar-refractivity contribution in [2.75, 3.05) is 0 Å². The van der Waals surface area contributed by atoms with Crippen LogP contribution in [0.3, 0.4) is 0 Å². The molecule has 1 aromatic rings. The maximum atomic E-state index is 10.3. The average molecular weight is 139 g/mol. The standard InChI is InChI=1S/C7H9NO2/c1-5(2)6-3-8-10-7(6)4-9/h3-5H,1-2H3. The molecule has 3 heteroatoms. The Hall–Kier alpha value is -1.12. The van der Waals surface area contributed by atoms with Crippen molar-refractivity contribution in [3.63, 3.8) is 0 Å². The lowest BCUT2D eigenvalue weighted by Crippen LogP contribution is -1.88. The van der Waals surface area contributed by atoms with Gasteiger partial charge in [0, 0.05) is 5.56 Å². The zero-order chi connectivity index (χ0) is 7.56. The molecule has 1 aromatic heterocycles. The highest BCUT2D eigenvalue weighted by molar-refractivity contribution is 5.72. The molecule has 0 aromatic carbocycles. The predicted molar refractivity (Wildman–Crippen MR) is 36.0 cm³/mol. The van der Waals surface area contributed by atoms with Crippen LogP contribution in [0.15, 0.2) is 10.7 Å². The molecule has 54 valence electrons. The Morgan fingerprint density at radius 3 is 2.80 bits per heavy atom. The van der Waals surface area contributed by atoms with E-state index in [4.69, 9.17) is 0 Å². The molecule has 0 N–H and O–H groups in total. The molecular weight excluding hydrogens is 130 g/mol. The van der Waals surface area contributed by atoms with Crippen LogP contribution in [0, 0.1) is 0 Å². The topological polar surface area (TPSA) is 43.1 Å². The summed E-state index contributed by atoms with van der Waals surface area (Å²) in [7, 11) is 0. The second-order valence-corrected chi connectivity index (χ2v) is 2.42. The molecule has 0 unspecified atom stereocenters. The van der Waals surface area contributed by atoms with Gasteiger partial charge in [-0.05, 0) is 5.92 Å². The highest BCUT2D eigenvalue weighted by atomic mass is 16.5. The number of rotatable bonds is 2. The molecule has 3 nitrogen and oxygen atoms in total. The van der Waals surface area contributed by atoms with E-state index in [1.807, 2.05) is 13.8 Å². The molecule has 1 rings (SSSR count). The zero-order valence-corrected chi connectivity index (χ0v) is 6.00. The van der Waals surface area contributed by atoms with Gasteiger partial charge in [0.2, 0.25) is 5.76 Å². The molecular formula is C7H9NO2. The zero-order valence-electron chi connectivity index (χ0n) is 6.00. The molecule has 0 aliphatic heterocycles. The normalized spacial score (nSPS) is 10.3. The van der Waals surface area contributed by atoms with Crippen LogP contribution < -0.4 is 0 Å². The van der Waals surface area contributed by atoms with Gasteiger partial charge < -0.3 is 4.52 Å². The third kappa shape index (κ3) is 1.07. The fourth-order valence-corrected chi connectivity index (χ4v) is 0.779. The Bertz CT molecular complexity index is 227. The monoisotopic (exact) mass is 139 g/mol. The first kappa shape index (κ1) is 6.99. The van der Waals surface area contributed by atoms with E-state index in [1.54, 1.807) is 6.20 Å². The second-order valence-electron chi connectivity index (χ2n) is 2.42. The summed E-state index contributed by atoms with van der Waals surface area (Å²) in [6.07, 6.45) is 2.26. The summed E-state index contributed by atoms with van der Waals surface area (Å²) in [4.78, 5) is 10.3. The Balaban J connectivity index is 3.01. The minimum Gasteiger partial charge on any atom is -0.353 e. The van der Waals surface area contributed by atoms with Crippen molar-refractivity contribution in [2.24, 2.45) is 0 Å². The minimum atomic E-state index is 0.298. The van der Waals surface area contributed by atoms with Crippen LogP contribution >= 0.6 is 0 Å². The van der Waals surface area contributed by atoms with E-state index in [0.29, 0.717) is 18.0 Å². The smallest absolute Gasteiger partial charge is 0.202 e. The van der Waals surface area contributed by atoms with Crippen LogP contribution in [0.1, 0.15) is 35.9 Å². The summed E-state index contributed by atoms with van der Waals surface area (Å²) in [6.45, 7) is 3.97. The first-order valence-electron chi connectivity index (χ1n) is 3.15. The molecule has 0 bridgehead atoms. The molecule has 1 heterocycles. The summed E-state index contributed by atoms with van der Waals surface area (Å²) < 4.78 is 4.66. The highest BCUT2D eigenvalue weighted by Gasteiger charge is 2.09. The van der Waals surface area contributed by atoms with Gasteiger partial charge >= 0.3 is 0 Å². The first-order valence-corrected chi connectivity index (χ1v) is 3.15. The largest absolute Gasteiger partial charge is 0.353 e. The molecule has 0 fully saturated rings. The molecule has 10 heavy (non-hydrogen) atoms. The summed E-state index contributed by atoms with van der Waals surface area (Å²) >= 11 is 0. The Labute approximate surface area is 59.0 Å². The van der Waals surface area contributed by atoms with Crippen molar-refractivity contribution < 1.29 is 9.32 Å². The van der Waals surface area contributed by atoms with E-state index in [-0.39, 0.29) is 0 Å². The van der Waals surface area contributed by atoms with E-state index in [0.717, 1.165) is 5.56 Å². The number of hydrogen-bond acceptors (Lipinski definition) is 3. The number of hydrogen-bond donors (Lipinski definition) is 0. The van der Waals surface area contributed by atoms with Crippen molar-refractivity contribution in [1.82, 2.24) is 5.16 Å². The van der Waals surface area contributed by atoms with Gasteiger partial charge in [-0.3, -0.25) is 4.79 Å². The van der Waals surface area contributed by atoms with E-state index < -0.39 is 0 Å². The number of aldehydes is 1. The van der Waals surface area contributed by atoms with Crippen LogP contribution in [0.25, 0.3) is 0 Å². The molecule has 0 saturated carbocycles. The van der Waals surface area contributed by atoms with Gasteiger partial charge in [-0.15, -0.1) is 0 Å². The maximum absolute atomic E-state index is 10.3. The van der Waals surface area contributed by atoms with Gasteiger partial charge in [0.15, 0.2) is 6.29 Å². The van der Waals surface area contributed by atoms with Crippen LogP contribution in [-0.2, 0) is 0 Å². The fraction of sp³-hybridized carbons (Fsp3) is 0.429. The van der Waals surface area contributed by atoms with Crippen molar-refractivity contribution in [2.45, 2.75) is 19.8 Å². The molecule has 0 spiro atoms. The maximum Gasteiger partial charge on any atom is 0.202 e. The summed E-state index contributed by atoms with van der Waals surface area (Å²) in [5.74, 6) is 0.640. The second kappa shape index (κ2) is 2.64. The van der Waals surface area contributed by atoms with Crippen molar-refractivity contribution in [1.29, 1.82) is 0 Å². The number of nitrogens with zero attached hydrogens (tertiary/aromatic N) is 1.